The summed E-state index contributed by atoms with van der Waals surface area (Å²) in [6, 6.07) is 7.10. The lowest BCUT2D eigenvalue weighted by Gasteiger charge is -2.36. The number of rotatable bonds is 4. The number of benzene rings is 1. The minimum atomic E-state index is -0.326. The Kier molecular flexibility index (Phi) is 4.28. The molecule has 0 radical (unpaired) electrons. The van der Waals surface area contributed by atoms with Gasteiger partial charge in [0.25, 0.3) is 0 Å². The topological polar surface area (TPSA) is 87.7 Å². The number of hydrogen-bond donors (Lipinski definition) is 1. The molecule has 0 amide bonds. The number of nitrogens with zero attached hydrogens (tertiary/aromatic N) is 5. The van der Waals surface area contributed by atoms with Gasteiger partial charge in [0.15, 0.2) is 0 Å². The van der Waals surface area contributed by atoms with Gasteiger partial charge in [-0.15, -0.1) is 0 Å². The molecule has 1 saturated heterocycles. The molecule has 2 aromatic rings. The Morgan fingerprint density at radius 3 is 2.29 bits per heavy atom. The zero-order valence-electron chi connectivity index (χ0n) is 13.8. The van der Waals surface area contributed by atoms with E-state index in [1.807, 2.05) is 24.0 Å². The Morgan fingerprint density at radius 2 is 1.75 bits per heavy atom. The summed E-state index contributed by atoms with van der Waals surface area (Å²) in [5.41, 5.74) is 1.69. The van der Waals surface area contributed by atoms with Gasteiger partial charge in [-0.05, 0) is 30.7 Å². The van der Waals surface area contributed by atoms with Crippen LogP contribution in [-0.2, 0) is 13.5 Å². The van der Waals surface area contributed by atoms with Gasteiger partial charge in [-0.3, -0.25) is 10.1 Å². The fraction of sp³-hybridized carbons (Fsp3) is 0.438. The molecule has 0 unspecified atom stereocenters. The highest BCUT2D eigenvalue weighted by atomic mass is 16.6. The third kappa shape index (κ3) is 2.86. The summed E-state index contributed by atoms with van der Waals surface area (Å²) in [6.45, 7) is 4.76. The molecule has 0 saturated carbocycles. The number of phenolic OH excluding ortho intramolecular Hbond substituents is 1. The molecule has 1 aliphatic heterocycles. The zero-order valence-corrected chi connectivity index (χ0v) is 13.8. The van der Waals surface area contributed by atoms with E-state index in [9.17, 15) is 15.2 Å². The van der Waals surface area contributed by atoms with Crippen LogP contribution in [-0.4, -0.2) is 46.0 Å². The minimum absolute atomic E-state index is 0.123. The lowest BCUT2D eigenvalue weighted by molar-refractivity contribution is -0.384. The van der Waals surface area contributed by atoms with Crippen LogP contribution in [0.4, 0.5) is 17.2 Å². The number of hydrogen-bond acceptors (Lipinski definition) is 6. The molecule has 128 valence electrons. The maximum absolute atomic E-state index is 11.5. The molecule has 1 aromatic carbocycles. The van der Waals surface area contributed by atoms with Crippen LogP contribution in [0.2, 0.25) is 0 Å². The summed E-state index contributed by atoms with van der Waals surface area (Å²) in [7, 11) is 1.76. The van der Waals surface area contributed by atoms with Crippen molar-refractivity contribution in [1.29, 1.82) is 0 Å². The Balaban J connectivity index is 1.79. The molecule has 0 spiro atoms. The van der Waals surface area contributed by atoms with Gasteiger partial charge < -0.3 is 14.9 Å². The molecule has 8 heteroatoms. The molecule has 0 aliphatic carbocycles. The largest absolute Gasteiger partial charge is 0.508 e. The van der Waals surface area contributed by atoms with Gasteiger partial charge in [-0.1, -0.05) is 6.92 Å². The first kappa shape index (κ1) is 16.1. The second-order valence-corrected chi connectivity index (χ2v) is 5.84. The molecule has 0 bridgehead atoms. The number of phenols is 1. The van der Waals surface area contributed by atoms with E-state index >= 15 is 0 Å². The van der Waals surface area contributed by atoms with E-state index in [1.54, 1.807) is 23.9 Å². The predicted molar refractivity (Wildman–Crippen MR) is 91.8 cm³/mol. The smallest absolute Gasteiger partial charge is 0.334 e. The average molecular weight is 331 g/mol. The predicted octanol–water partition coefficient (Wildman–Crippen LogP) is 1.92. The first-order chi connectivity index (χ1) is 11.5. The van der Waals surface area contributed by atoms with Crippen LogP contribution < -0.4 is 9.80 Å². The van der Waals surface area contributed by atoms with E-state index < -0.39 is 0 Å². The summed E-state index contributed by atoms with van der Waals surface area (Å²) in [4.78, 5) is 15.4. The van der Waals surface area contributed by atoms with Crippen molar-refractivity contribution in [1.82, 2.24) is 9.78 Å². The number of piperazine rings is 1. The normalized spacial score (nSPS) is 14.9. The molecule has 3 rings (SSSR count). The van der Waals surface area contributed by atoms with Gasteiger partial charge in [0.1, 0.15) is 11.4 Å². The Morgan fingerprint density at radius 1 is 1.17 bits per heavy atom. The van der Waals surface area contributed by atoms with Crippen molar-refractivity contribution in [3.8, 4) is 5.75 Å². The van der Waals surface area contributed by atoms with Crippen LogP contribution in [0.25, 0.3) is 0 Å². The van der Waals surface area contributed by atoms with Crippen molar-refractivity contribution < 1.29 is 10.0 Å². The van der Waals surface area contributed by atoms with Gasteiger partial charge in [-0.25, -0.2) is 4.68 Å². The highest BCUT2D eigenvalue weighted by molar-refractivity contribution is 5.62. The Bertz CT molecular complexity index is 733. The first-order valence-corrected chi connectivity index (χ1v) is 8.00. The molecule has 1 aromatic heterocycles. The molecule has 8 nitrogen and oxygen atoms in total. The molecular weight excluding hydrogens is 310 g/mol. The SMILES string of the molecule is CCc1nn(C)c(N2CCN(c3ccc(O)cc3)CC2)c1[N+](=O)[O-]. The summed E-state index contributed by atoms with van der Waals surface area (Å²) in [5.74, 6) is 0.831. The summed E-state index contributed by atoms with van der Waals surface area (Å²) in [6.07, 6.45) is 0.539. The van der Waals surface area contributed by atoms with Crippen LogP contribution in [0.5, 0.6) is 5.75 Å². The second kappa shape index (κ2) is 6.38. The minimum Gasteiger partial charge on any atom is -0.508 e. The quantitative estimate of drug-likeness (QED) is 0.680. The van der Waals surface area contributed by atoms with Gasteiger partial charge >= 0.3 is 5.69 Å². The highest BCUT2D eigenvalue weighted by Crippen LogP contribution is 2.32. The summed E-state index contributed by atoms with van der Waals surface area (Å²) >= 11 is 0. The molecular formula is C16H21N5O3. The molecule has 24 heavy (non-hydrogen) atoms. The Hall–Kier alpha value is -2.77. The van der Waals surface area contributed by atoms with E-state index in [-0.39, 0.29) is 16.4 Å². The van der Waals surface area contributed by atoms with Crippen molar-refractivity contribution in [2.45, 2.75) is 13.3 Å². The van der Waals surface area contributed by atoms with E-state index in [1.165, 1.54) is 0 Å². The maximum atomic E-state index is 11.5. The van der Waals surface area contributed by atoms with E-state index in [0.29, 0.717) is 31.0 Å². The van der Waals surface area contributed by atoms with Crippen molar-refractivity contribution in [3.05, 3.63) is 40.1 Å². The van der Waals surface area contributed by atoms with Crippen molar-refractivity contribution >= 4 is 17.2 Å². The van der Waals surface area contributed by atoms with E-state index in [0.717, 1.165) is 18.8 Å². The van der Waals surface area contributed by atoms with Gasteiger partial charge in [-0.2, -0.15) is 5.10 Å². The van der Waals surface area contributed by atoms with Crippen molar-refractivity contribution in [2.24, 2.45) is 7.05 Å². The number of nitro groups is 1. The van der Waals surface area contributed by atoms with Crippen molar-refractivity contribution in [3.63, 3.8) is 0 Å². The van der Waals surface area contributed by atoms with Crippen LogP contribution in [0.1, 0.15) is 12.6 Å². The van der Waals surface area contributed by atoms with Gasteiger partial charge in [0.05, 0.1) is 4.92 Å². The number of aryl methyl sites for hydroxylation is 2. The zero-order chi connectivity index (χ0) is 17.3. The van der Waals surface area contributed by atoms with Crippen LogP contribution in [0.15, 0.2) is 24.3 Å². The average Bonchev–Trinajstić information content (AvgIpc) is 2.92. The maximum Gasteiger partial charge on any atom is 0.334 e. The van der Waals surface area contributed by atoms with Crippen LogP contribution >= 0.6 is 0 Å². The fourth-order valence-electron chi connectivity index (χ4n) is 3.18. The first-order valence-electron chi connectivity index (χ1n) is 8.00. The number of aromatic hydroxyl groups is 1. The van der Waals surface area contributed by atoms with Crippen LogP contribution in [0.3, 0.4) is 0 Å². The van der Waals surface area contributed by atoms with Crippen LogP contribution in [0, 0.1) is 10.1 Å². The fourth-order valence-corrected chi connectivity index (χ4v) is 3.18. The van der Waals surface area contributed by atoms with Gasteiger partial charge in [0.2, 0.25) is 5.82 Å². The standard InChI is InChI=1S/C16H21N5O3/c1-3-14-15(21(23)24)16(18(2)17-14)20-10-8-19(9-11-20)12-4-6-13(22)7-5-12/h4-7,22H,3,8-11H2,1-2H3. The number of anilines is 2. The summed E-state index contributed by atoms with van der Waals surface area (Å²) in [5, 5.41) is 25.2. The van der Waals surface area contributed by atoms with E-state index in [4.69, 9.17) is 0 Å². The second-order valence-electron chi connectivity index (χ2n) is 5.84. The van der Waals surface area contributed by atoms with Gasteiger partial charge in [0, 0.05) is 38.9 Å². The summed E-state index contributed by atoms with van der Waals surface area (Å²) < 4.78 is 1.62. The lowest BCUT2D eigenvalue weighted by atomic mass is 10.2. The molecule has 1 fully saturated rings. The third-order valence-corrected chi connectivity index (χ3v) is 4.37. The molecule has 1 aliphatic rings. The highest BCUT2D eigenvalue weighted by Gasteiger charge is 2.31. The van der Waals surface area contributed by atoms with Crippen molar-refractivity contribution in [2.75, 3.05) is 36.0 Å². The molecule has 1 N–H and O–H groups in total. The molecule has 2 heterocycles. The number of aromatic nitrogens is 2. The Labute approximate surface area is 140 Å². The lowest BCUT2D eigenvalue weighted by Crippen LogP contribution is -2.47. The monoisotopic (exact) mass is 331 g/mol. The third-order valence-electron chi connectivity index (χ3n) is 4.37. The van der Waals surface area contributed by atoms with E-state index in [2.05, 4.69) is 10.00 Å². The molecule has 0 atom stereocenters.